The number of aldehydes is 1. The highest BCUT2D eigenvalue weighted by Crippen LogP contribution is 2.12. The Balaban J connectivity index is 2.18. The monoisotopic (exact) mass is 241 g/mol. The molecule has 0 fully saturated rings. The number of aryl methyl sites for hydroxylation is 2. The summed E-state index contributed by atoms with van der Waals surface area (Å²) >= 11 is 0. The molecule has 0 amide bonds. The van der Waals surface area contributed by atoms with Gasteiger partial charge in [0, 0.05) is 6.42 Å². The molecule has 2 rings (SSSR count). The first-order chi connectivity index (χ1) is 8.58. The average Bonchev–Trinajstić information content (AvgIpc) is 2.75. The van der Waals surface area contributed by atoms with Crippen molar-refractivity contribution in [2.75, 3.05) is 0 Å². The van der Waals surface area contributed by atoms with E-state index in [1.807, 2.05) is 26.0 Å². The summed E-state index contributed by atoms with van der Waals surface area (Å²) < 4.78 is 0. The second kappa shape index (κ2) is 5.00. The highest BCUT2D eigenvalue weighted by atomic mass is 16.1. The number of benzene rings is 1. The molecule has 92 valence electrons. The number of carbonyl (C=O) groups is 2. The van der Waals surface area contributed by atoms with E-state index in [1.54, 1.807) is 12.1 Å². The number of carbonyl (C=O) groups excluding carboxylic acids is 2. The Morgan fingerprint density at radius 2 is 1.83 bits per heavy atom. The first-order valence-corrected chi connectivity index (χ1v) is 5.83. The lowest BCUT2D eigenvalue weighted by Gasteiger charge is -2.03. The molecule has 3 nitrogen and oxygen atoms in total. The summed E-state index contributed by atoms with van der Waals surface area (Å²) in [5.74, 6) is -0.00639. The molecule has 0 atom stereocenters. The summed E-state index contributed by atoms with van der Waals surface area (Å²) in [7, 11) is 0. The van der Waals surface area contributed by atoms with Gasteiger partial charge in [-0.1, -0.05) is 29.3 Å². The van der Waals surface area contributed by atoms with Crippen LogP contribution in [0.5, 0.6) is 0 Å². The van der Waals surface area contributed by atoms with Crippen molar-refractivity contribution in [1.29, 1.82) is 0 Å². The van der Waals surface area contributed by atoms with Gasteiger partial charge in [-0.05, 0) is 31.5 Å². The Kier molecular flexibility index (Phi) is 3.42. The lowest BCUT2D eigenvalue weighted by molar-refractivity contribution is 0.0989. The van der Waals surface area contributed by atoms with E-state index in [0.717, 1.165) is 16.7 Å². The van der Waals surface area contributed by atoms with Crippen molar-refractivity contribution in [3.05, 3.63) is 58.4 Å². The number of aromatic amines is 1. The number of hydrogen-bond donors (Lipinski definition) is 1. The van der Waals surface area contributed by atoms with Gasteiger partial charge in [-0.2, -0.15) is 0 Å². The maximum atomic E-state index is 12.0. The SMILES string of the molecule is Cc1cc(C)cc(CC(=O)c2ccc(C=O)[nH]2)c1. The van der Waals surface area contributed by atoms with Crippen LogP contribution < -0.4 is 0 Å². The van der Waals surface area contributed by atoms with Crippen molar-refractivity contribution >= 4 is 12.1 Å². The van der Waals surface area contributed by atoms with Crippen molar-refractivity contribution in [3.8, 4) is 0 Å². The van der Waals surface area contributed by atoms with Crippen LogP contribution in [0.4, 0.5) is 0 Å². The van der Waals surface area contributed by atoms with Crippen LogP contribution in [0.1, 0.15) is 37.7 Å². The van der Waals surface area contributed by atoms with Crippen LogP contribution in [0.2, 0.25) is 0 Å². The molecule has 0 spiro atoms. The summed E-state index contributed by atoms with van der Waals surface area (Å²) in [6, 6.07) is 9.35. The molecule has 2 aromatic rings. The molecule has 0 radical (unpaired) electrons. The van der Waals surface area contributed by atoms with E-state index in [-0.39, 0.29) is 5.78 Å². The van der Waals surface area contributed by atoms with Crippen molar-refractivity contribution in [2.24, 2.45) is 0 Å². The molecule has 1 heterocycles. The van der Waals surface area contributed by atoms with Gasteiger partial charge in [-0.25, -0.2) is 0 Å². The average molecular weight is 241 g/mol. The Hall–Kier alpha value is -2.16. The molecule has 18 heavy (non-hydrogen) atoms. The van der Waals surface area contributed by atoms with Crippen LogP contribution in [-0.4, -0.2) is 17.1 Å². The fraction of sp³-hybridized carbons (Fsp3) is 0.200. The van der Waals surface area contributed by atoms with Crippen molar-refractivity contribution in [1.82, 2.24) is 4.98 Å². The fourth-order valence-electron chi connectivity index (χ4n) is 2.10. The van der Waals surface area contributed by atoms with Crippen LogP contribution >= 0.6 is 0 Å². The number of Topliss-reactive ketones (excluding diaryl/α,β-unsaturated/α-hetero) is 1. The number of rotatable bonds is 4. The maximum Gasteiger partial charge on any atom is 0.183 e. The largest absolute Gasteiger partial charge is 0.350 e. The van der Waals surface area contributed by atoms with Gasteiger partial charge >= 0.3 is 0 Å². The van der Waals surface area contributed by atoms with Crippen LogP contribution in [-0.2, 0) is 6.42 Å². The van der Waals surface area contributed by atoms with Crippen molar-refractivity contribution in [2.45, 2.75) is 20.3 Å². The van der Waals surface area contributed by atoms with Crippen LogP contribution in [0.3, 0.4) is 0 Å². The minimum Gasteiger partial charge on any atom is -0.350 e. The van der Waals surface area contributed by atoms with Gasteiger partial charge in [-0.15, -0.1) is 0 Å². The van der Waals surface area contributed by atoms with E-state index in [2.05, 4.69) is 11.1 Å². The smallest absolute Gasteiger partial charge is 0.183 e. The topological polar surface area (TPSA) is 49.9 Å². The fourth-order valence-corrected chi connectivity index (χ4v) is 2.10. The minimum absolute atomic E-state index is 0.00639. The maximum absolute atomic E-state index is 12.0. The zero-order valence-electron chi connectivity index (χ0n) is 10.5. The Morgan fingerprint density at radius 1 is 1.17 bits per heavy atom. The highest BCUT2D eigenvalue weighted by Gasteiger charge is 2.09. The molecular formula is C15H15NO2. The summed E-state index contributed by atoms with van der Waals surface area (Å²) in [5, 5.41) is 0. The molecule has 0 bridgehead atoms. The second-order valence-electron chi connectivity index (χ2n) is 4.54. The van der Waals surface area contributed by atoms with Crippen molar-refractivity contribution in [3.63, 3.8) is 0 Å². The Labute approximate surface area is 106 Å². The molecule has 0 aliphatic rings. The zero-order chi connectivity index (χ0) is 13.1. The molecule has 1 aromatic heterocycles. The number of hydrogen-bond acceptors (Lipinski definition) is 2. The Bertz CT molecular complexity index is 576. The van der Waals surface area contributed by atoms with Crippen LogP contribution in [0.15, 0.2) is 30.3 Å². The summed E-state index contributed by atoms with van der Waals surface area (Å²) in [6.07, 6.45) is 1.05. The molecule has 1 N–H and O–H groups in total. The number of ketones is 1. The predicted octanol–water partition coefficient (Wildman–Crippen LogP) is 2.87. The van der Waals surface area contributed by atoms with Gasteiger partial charge in [0.1, 0.15) is 0 Å². The molecule has 0 aliphatic heterocycles. The second-order valence-corrected chi connectivity index (χ2v) is 4.54. The number of H-pyrrole nitrogens is 1. The molecule has 0 aliphatic carbocycles. The van der Waals surface area contributed by atoms with Gasteiger partial charge in [-0.3, -0.25) is 9.59 Å². The number of nitrogens with one attached hydrogen (secondary N) is 1. The first-order valence-electron chi connectivity index (χ1n) is 5.83. The standard InChI is InChI=1S/C15H15NO2/c1-10-5-11(2)7-12(6-10)8-15(18)14-4-3-13(9-17)16-14/h3-7,9,16H,8H2,1-2H3. The van der Waals surface area contributed by atoms with E-state index >= 15 is 0 Å². The van der Waals surface area contributed by atoms with E-state index in [9.17, 15) is 9.59 Å². The van der Waals surface area contributed by atoms with Gasteiger partial charge in [0.25, 0.3) is 0 Å². The van der Waals surface area contributed by atoms with Crippen LogP contribution in [0.25, 0.3) is 0 Å². The summed E-state index contributed by atoms with van der Waals surface area (Å²) in [5.41, 5.74) is 4.21. The lowest BCUT2D eigenvalue weighted by atomic mass is 10.0. The third kappa shape index (κ3) is 2.74. The molecule has 3 heteroatoms. The third-order valence-electron chi connectivity index (χ3n) is 2.78. The Morgan fingerprint density at radius 3 is 2.39 bits per heavy atom. The van der Waals surface area contributed by atoms with E-state index in [1.165, 1.54) is 0 Å². The highest BCUT2D eigenvalue weighted by molar-refractivity contribution is 5.96. The van der Waals surface area contributed by atoms with Gasteiger partial charge in [0.05, 0.1) is 11.4 Å². The van der Waals surface area contributed by atoms with E-state index < -0.39 is 0 Å². The molecule has 0 unspecified atom stereocenters. The van der Waals surface area contributed by atoms with Gasteiger partial charge in [0.2, 0.25) is 0 Å². The predicted molar refractivity (Wildman–Crippen MR) is 70.1 cm³/mol. The molecule has 1 aromatic carbocycles. The molecule has 0 saturated carbocycles. The first kappa shape index (κ1) is 12.3. The lowest BCUT2D eigenvalue weighted by Crippen LogP contribution is -2.04. The zero-order valence-corrected chi connectivity index (χ0v) is 10.5. The summed E-state index contributed by atoms with van der Waals surface area (Å²) in [6.45, 7) is 4.03. The van der Waals surface area contributed by atoms with Crippen molar-refractivity contribution < 1.29 is 9.59 Å². The van der Waals surface area contributed by atoms with Crippen LogP contribution in [0, 0.1) is 13.8 Å². The van der Waals surface area contributed by atoms with E-state index in [0.29, 0.717) is 24.1 Å². The number of aromatic nitrogens is 1. The molecular weight excluding hydrogens is 226 g/mol. The van der Waals surface area contributed by atoms with Gasteiger partial charge in [0.15, 0.2) is 12.1 Å². The molecule has 0 saturated heterocycles. The van der Waals surface area contributed by atoms with E-state index in [4.69, 9.17) is 0 Å². The quantitative estimate of drug-likeness (QED) is 0.661. The summed E-state index contributed by atoms with van der Waals surface area (Å²) in [4.78, 5) is 25.4. The minimum atomic E-state index is -0.00639. The normalized spacial score (nSPS) is 10.3. The third-order valence-corrected chi connectivity index (χ3v) is 2.78. The van der Waals surface area contributed by atoms with Gasteiger partial charge < -0.3 is 4.98 Å².